The van der Waals surface area contributed by atoms with Gasteiger partial charge < -0.3 is 10.2 Å². The van der Waals surface area contributed by atoms with Crippen molar-refractivity contribution in [1.29, 1.82) is 0 Å². The first-order valence-electron chi connectivity index (χ1n) is 10.2. The Bertz CT molecular complexity index is 1210. The van der Waals surface area contributed by atoms with Crippen LogP contribution >= 0.6 is 34.4 Å². The Morgan fingerprint density at radius 2 is 1.97 bits per heavy atom. The van der Waals surface area contributed by atoms with Gasteiger partial charge in [-0.1, -0.05) is 24.3 Å². The molecule has 7 heteroatoms. The van der Waals surface area contributed by atoms with Crippen LogP contribution < -0.4 is 5.32 Å². The number of aromatic nitrogens is 1. The number of carbonyl (C=O) groups is 1. The summed E-state index contributed by atoms with van der Waals surface area (Å²) in [5.41, 5.74) is 4.52. The summed E-state index contributed by atoms with van der Waals surface area (Å²) in [6, 6.07) is 16.4. The van der Waals surface area contributed by atoms with Gasteiger partial charge in [0.2, 0.25) is 5.91 Å². The number of amides is 1. The lowest BCUT2D eigenvalue weighted by Gasteiger charge is -2.22. The number of nitrogens with zero attached hydrogens (tertiary/aromatic N) is 2. The van der Waals surface area contributed by atoms with Gasteiger partial charge in [-0.05, 0) is 55.1 Å². The standard InChI is InChI=1S/C24H23N3OS3/c1-27-12-11-17-20(14-27)31-24(22(17)23-25-18-5-3-4-6-19(18)30-23)26-21(28)13-15-7-9-16(29-2)10-8-15/h3-10H,11-14H2,1-2H3,(H,26,28). The topological polar surface area (TPSA) is 45.2 Å². The molecule has 0 unspecified atom stereocenters. The molecular weight excluding hydrogens is 442 g/mol. The highest BCUT2D eigenvalue weighted by Gasteiger charge is 2.26. The van der Waals surface area contributed by atoms with Crippen LogP contribution in [-0.2, 0) is 24.2 Å². The minimum atomic E-state index is 0.0196. The smallest absolute Gasteiger partial charge is 0.229 e. The van der Waals surface area contributed by atoms with Crippen molar-refractivity contribution in [1.82, 2.24) is 9.88 Å². The normalized spacial score (nSPS) is 14.0. The molecule has 0 saturated heterocycles. The van der Waals surface area contributed by atoms with Crippen LogP contribution in [0.2, 0.25) is 0 Å². The van der Waals surface area contributed by atoms with Crippen LogP contribution in [0.15, 0.2) is 53.4 Å². The van der Waals surface area contributed by atoms with Gasteiger partial charge in [0, 0.05) is 28.4 Å². The lowest BCUT2D eigenvalue weighted by atomic mass is 10.0. The van der Waals surface area contributed by atoms with E-state index in [1.807, 2.05) is 24.3 Å². The van der Waals surface area contributed by atoms with Crippen LogP contribution in [0.5, 0.6) is 0 Å². The number of rotatable bonds is 5. The minimum absolute atomic E-state index is 0.0196. The van der Waals surface area contributed by atoms with E-state index in [1.165, 1.54) is 20.0 Å². The molecule has 0 radical (unpaired) electrons. The molecule has 158 valence electrons. The Morgan fingerprint density at radius 1 is 1.16 bits per heavy atom. The monoisotopic (exact) mass is 465 g/mol. The number of hydrogen-bond donors (Lipinski definition) is 1. The molecule has 0 atom stereocenters. The number of benzene rings is 2. The van der Waals surface area contributed by atoms with Crippen LogP contribution in [0.1, 0.15) is 16.0 Å². The van der Waals surface area contributed by atoms with E-state index in [4.69, 9.17) is 4.98 Å². The zero-order valence-corrected chi connectivity index (χ0v) is 19.9. The largest absolute Gasteiger partial charge is 0.317 e. The highest BCUT2D eigenvalue weighted by atomic mass is 32.2. The highest BCUT2D eigenvalue weighted by molar-refractivity contribution is 7.98. The van der Waals surface area contributed by atoms with E-state index in [9.17, 15) is 4.79 Å². The SMILES string of the molecule is CSc1ccc(CC(=O)Nc2sc3c(c2-c2nc4ccccc4s2)CCN(C)C3)cc1. The summed E-state index contributed by atoms with van der Waals surface area (Å²) in [5.74, 6) is 0.0196. The number of fused-ring (bicyclic) bond motifs is 2. The Hall–Kier alpha value is -2.19. The molecule has 1 aliphatic rings. The number of hydrogen-bond acceptors (Lipinski definition) is 6. The van der Waals surface area contributed by atoms with Crippen molar-refractivity contribution in [3.8, 4) is 10.6 Å². The molecule has 1 N–H and O–H groups in total. The quantitative estimate of drug-likeness (QED) is 0.372. The van der Waals surface area contributed by atoms with Crippen molar-refractivity contribution in [2.75, 3.05) is 25.2 Å². The van der Waals surface area contributed by atoms with Gasteiger partial charge in [-0.15, -0.1) is 34.4 Å². The van der Waals surface area contributed by atoms with Crippen molar-refractivity contribution in [2.24, 2.45) is 0 Å². The van der Waals surface area contributed by atoms with Crippen molar-refractivity contribution in [3.63, 3.8) is 0 Å². The van der Waals surface area contributed by atoms with Crippen LogP contribution in [0.25, 0.3) is 20.8 Å². The summed E-state index contributed by atoms with van der Waals surface area (Å²) in [4.78, 5) is 22.7. The molecule has 31 heavy (non-hydrogen) atoms. The average molecular weight is 466 g/mol. The van der Waals surface area contributed by atoms with E-state index in [2.05, 4.69) is 47.8 Å². The number of thiazole rings is 1. The first kappa shape index (κ1) is 20.7. The Kier molecular flexibility index (Phi) is 5.84. The lowest BCUT2D eigenvalue weighted by Crippen LogP contribution is -2.25. The van der Waals surface area contributed by atoms with Crippen molar-refractivity contribution < 1.29 is 4.79 Å². The molecule has 0 aliphatic carbocycles. The van der Waals surface area contributed by atoms with E-state index in [1.54, 1.807) is 34.4 Å². The molecule has 4 nitrogen and oxygen atoms in total. The molecule has 5 rings (SSSR count). The third kappa shape index (κ3) is 4.28. The number of thiophene rings is 1. The van der Waals surface area contributed by atoms with Crippen LogP contribution in [0.4, 0.5) is 5.00 Å². The average Bonchev–Trinajstić information content (AvgIpc) is 3.34. The number of nitrogens with one attached hydrogen (secondary N) is 1. The van der Waals surface area contributed by atoms with Gasteiger partial charge in [0.15, 0.2) is 0 Å². The van der Waals surface area contributed by atoms with E-state index in [0.29, 0.717) is 6.42 Å². The molecular formula is C24H23N3OS3. The molecule has 1 aliphatic heterocycles. The maximum absolute atomic E-state index is 12.9. The number of thioether (sulfide) groups is 1. The number of carbonyl (C=O) groups excluding carboxylic acids is 1. The Morgan fingerprint density at radius 3 is 2.74 bits per heavy atom. The molecule has 0 spiro atoms. The molecule has 3 heterocycles. The second-order valence-electron chi connectivity index (χ2n) is 7.76. The summed E-state index contributed by atoms with van der Waals surface area (Å²) >= 11 is 5.12. The Balaban J connectivity index is 1.48. The summed E-state index contributed by atoms with van der Waals surface area (Å²) in [7, 11) is 2.15. The minimum Gasteiger partial charge on any atom is -0.317 e. The molecule has 0 fully saturated rings. The first-order valence-corrected chi connectivity index (χ1v) is 13.1. The molecule has 0 bridgehead atoms. The second-order valence-corrected chi connectivity index (χ2v) is 10.8. The summed E-state index contributed by atoms with van der Waals surface area (Å²) in [5, 5.41) is 5.16. The van der Waals surface area contributed by atoms with Gasteiger partial charge in [0.25, 0.3) is 0 Å². The van der Waals surface area contributed by atoms with E-state index in [0.717, 1.165) is 46.2 Å². The van der Waals surface area contributed by atoms with Crippen molar-refractivity contribution in [2.45, 2.75) is 24.3 Å². The first-order chi connectivity index (χ1) is 15.1. The number of anilines is 1. The fourth-order valence-electron chi connectivity index (χ4n) is 3.92. The Labute approximate surface area is 194 Å². The van der Waals surface area contributed by atoms with Gasteiger partial charge >= 0.3 is 0 Å². The summed E-state index contributed by atoms with van der Waals surface area (Å²) in [6.07, 6.45) is 3.41. The maximum Gasteiger partial charge on any atom is 0.229 e. The van der Waals surface area contributed by atoms with Crippen molar-refractivity contribution >= 4 is 55.6 Å². The van der Waals surface area contributed by atoms with E-state index >= 15 is 0 Å². The number of likely N-dealkylation sites (N-methyl/N-ethyl adjacent to an activating group) is 1. The fraction of sp³-hybridized carbons (Fsp3) is 0.250. The van der Waals surface area contributed by atoms with E-state index < -0.39 is 0 Å². The molecule has 0 saturated carbocycles. The zero-order chi connectivity index (χ0) is 21.4. The summed E-state index contributed by atoms with van der Waals surface area (Å²) in [6.45, 7) is 1.95. The van der Waals surface area contributed by atoms with Crippen LogP contribution in [-0.4, -0.2) is 35.6 Å². The molecule has 4 aromatic rings. The van der Waals surface area contributed by atoms with Crippen LogP contribution in [0.3, 0.4) is 0 Å². The van der Waals surface area contributed by atoms with Gasteiger partial charge in [-0.3, -0.25) is 4.79 Å². The zero-order valence-electron chi connectivity index (χ0n) is 17.5. The van der Waals surface area contributed by atoms with Crippen molar-refractivity contribution in [3.05, 3.63) is 64.5 Å². The van der Waals surface area contributed by atoms with Gasteiger partial charge in [0.05, 0.1) is 16.6 Å². The highest BCUT2D eigenvalue weighted by Crippen LogP contribution is 2.45. The van der Waals surface area contributed by atoms with Crippen LogP contribution in [0, 0.1) is 0 Å². The third-order valence-electron chi connectivity index (χ3n) is 5.53. The molecule has 1 amide bonds. The number of para-hydroxylation sites is 1. The fourth-order valence-corrected chi connectivity index (χ4v) is 6.79. The molecule has 2 aromatic heterocycles. The third-order valence-corrected chi connectivity index (χ3v) is 8.46. The maximum atomic E-state index is 12.9. The predicted octanol–water partition coefficient (Wildman–Crippen LogP) is 5.92. The second kappa shape index (κ2) is 8.74. The predicted molar refractivity (Wildman–Crippen MR) is 134 cm³/mol. The summed E-state index contributed by atoms with van der Waals surface area (Å²) < 4.78 is 1.18. The van der Waals surface area contributed by atoms with Gasteiger partial charge in [-0.25, -0.2) is 4.98 Å². The van der Waals surface area contributed by atoms with Gasteiger partial charge in [0.1, 0.15) is 10.0 Å². The van der Waals surface area contributed by atoms with Gasteiger partial charge in [-0.2, -0.15) is 0 Å². The lowest BCUT2D eigenvalue weighted by molar-refractivity contribution is -0.115. The molecule has 2 aromatic carbocycles. The van der Waals surface area contributed by atoms with E-state index in [-0.39, 0.29) is 5.91 Å².